The van der Waals surface area contributed by atoms with Crippen LogP contribution in [0, 0.1) is 5.41 Å². The van der Waals surface area contributed by atoms with Gasteiger partial charge < -0.3 is 19.6 Å². The van der Waals surface area contributed by atoms with Crippen molar-refractivity contribution in [3.63, 3.8) is 0 Å². The topological polar surface area (TPSA) is 136 Å². The molecule has 0 aliphatic heterocycles. The predicted molar refractivity (Wildman–Crippen MR) is 142 cm³/mol. The van der Waals surface area contributed by atoms with Crippen LogP contribution in [0.5, 0.6) is 5.75 Å². The van der Waals surface area contributed by atoms with Gasteiger partial charge in [-0.05, 0) is 47.7 Å². The number of amides is 3. The summed E-state index contributed by atoms with van der Waals surface area (Å²) in [6.45, 7) is 6.98. The molecule has 37 heavy (non-hydrogen) atoms. The molecule has 0 aliphatic carbocycles. The molecule has 0 bridgehead atoms. The molecule has 2 rings (SSSR count). The summed E-state index contributed by atoms with van der Waals surface area (Å²) in [6, 6.07) is 14.0. The second kappa shape index (κ2) is 12.2. The number of nitrogens with zero attached hydrogens (tertiary/aromatic N) is 2. The molecule has 0 fully saturated rings. The maximum absolute atomic E-state index is 13.3. The average molecular weight is 532 g/mol. The third-order valence-electron chi connectivity index (χ3n) is 5.55. The number of nitrogens with one attached hydrogen (secondary N) is 1. The molecule has 0 saturated carbocycles. The fourth-order valence-electron chi connectivity index (χ4n) is 3.43. The van der Waals surface area contributed by atoms with E-state index in [1.54, 1.807) is 38.2 Å². The van der Waals surface area contributed by atoms with Crippen molar-refractivity contribution in [2.24, 2.45) is 5.41 Å². The van der Waals surface area contributed by atoms with E-state index in [-0.39, 0.29) is 18.2 Å². The highest BCUT2D eigenvalue weighted by molar-refractivity contribution is 7.46. The Bertz CT molecular complexity index is 1180. The standard InChI is InChI=1S/C26H34N3O7P/c1-18(19-12-14-21(15-13-19)36-37(33,34)35)16-22(30)27-24(26(2,3)4)25(32)28(5)17-23(31)29(6)20-10-8-7-9-11-20/h7-16,24H,17H2,1-6H3,(H,27,30)(H2,33,34,35)/b18-16+/t24-/m1/s1. The van der Waals surface area contributed by atoms with Crippen LogP contribution in [0.4, 0.5) is 5.69 Å². The molecule has 3 N–H and O–H groups in total. The van der Waals surface area contributed by atoms with Gasteiger partial charge in [-0.3, -0.25) is 24.2 Å². The van der Waals surface area contributed by atoms with Gasteiger partial charge in [0.2, 0.25) is 17.7 Å². The van der Waals surface area contributed by atoms with E-state index in [1.165, 1.54) is 35.1 Å². The Hall–Kier alpha value is -3.46. The number of hydrogen-bond acceptors (Lipinski definition) is 5. The quantitative estimate of drug-likeness (QED) is 0.334. The van der Waals surface area contributed by atoms with Crippen LogP contribution in [-0.4, -0.2) is 59.1 Å². The first-order chi connectivity index (χ1) is 17.1. The van der Waals surface area contributed by atoms with Crippen LogP contribution in [0.3, 0.4) is 0 Å². The number of phosphoric acid groups is 1. The molecule has 0 unspecified atom stereocenters. The molecular formula is C26H34N3O7P. The molecule has 0 aromatic heterocycles. The van der Waals surface area contributed by atoms with Gasteiger partial charge in [0.15, 0.2) is 0 Å². The number of likely N-dealkylation sites (N-methyl/N-ethyl adjacent to an activating group) is 2. The summed E-state index contributed by atoms with van der Waals surface area (Å²) in [5.41, 5.74) is 1.25. The number of para-hydroxylation sites is 1. The van der Waals surface area contributed by atoms with Crippen LogP contribution in [0.1, 0.15) is 33.3 Å². The zero-order valence-corrected chi connectivity index (χ0v) is 22.7. The summed E-state index contributed by atoms with van der Waals surface area (Å²) in [4.78, 5) is 59.4. The number of anilines is 1. The summed E-state index contributed by atoms with van der Waals surface area (Å²) >= 11 is 0. The van der Waals surface area contributed by atoms with Crippen molar-refractivity contribution >= 4 is 36.8 Å². The smallest absolute Gasteiger partial charge is 0.404 e. The van der Waals surface area contributed by atoms with Crippen molar-refractivity contribution in [1.82, 2.24) is 10.2 Å². The number of benzene rings is 2. The lowest BCUT2D eigenvalue weighted by molar-refractivity contribution is -0.139. The monoisotopic (exact) mass is 531 g/mol. The Morgan fingerprint density at radius 1 is 1.03 bits per heavy atom. The van der Waals surface area contributed by atoms with E-state index in [4.69, 9.17) is 9.79 Å². The minimum Gasteiger partial charge on any atom is -0.404 e. The van der Waals surface area contributed by atoms with Crippen LogP contribution < -0.4 is 14.7 Å². The third-order valence-corrected chi connectivity index (χ3v) is 6.00. The summed E-state index contributed by atoms with van der Waals surface area (Å²) in [6.07, 6.45) is 1.33. The Balaban J connectivity index is 2.10. The Morgan fingerprint density at radius 2 is 1.59 bits per heavy atom. The first-order valence-electron chi connectivity index (χ1n) is 11.5. The summed E-state index contributed by atoms with van der Waals surface area (Å²) in [5, 5.41) is 2.76. The molecule has 10 nitrogen and oxygen atoms in total. The molecule has 0 spiro atoms. The zero-order chi connectivity index (χ0) is 28.0. The highest BCUT2D eigenvalue weighted by Crippen LogP contribution is 2.37. The second-order valence-electron chi connectivity index (χ2n) is 9.72. The molecule has 0 heterocycles. The van der Waals surface area contributed by atoms with E-state index >= 15 is 0 Å². The van der Waals surface area contributed by atoms with Crippen molar-refractivity contribution in [1.29, 1.82) is 0 Å². The summed E-state index contributed by atoms with van der Waals surface area (Å²) in [5.74, 6) is -1.19. The second-order valence-corrected chi connectivity index (χ2v) is 10.9. The van der Waals surface area contributed by atoms with Gasteiger partial charge >= 0.3 is 7.82 Å². The zero-order valence-electron chi connectivity index (χ0n) is 21.8. The maximum Gasteiger partial charge on any atom is 0.524 e. The Labute approximate surface area is 217 Å². The van der Waals surface area contributed by atoms with Crippen molar-refractivity contribution in [3.05, 3.63) is 66.2 Å². The van der Waals surface area contributed by atoms with Crippen LogP contribution in [0.25, 0.3) is 5.57 Å². The molecule has 0 saturated heterocycles. The first-order valence-corrected chi connectivity index (χ1v) is 13.0. The largest absolute Gasteiger partial charge is 0.524 e. The van der Waals surface area contributed by atoms with Crippen molar-refractivity contribution in [2.75, 3.05) is 25.5 Å². The molecule has 2 aromatic rings. The number of hydrogen-bond donors (Lipinski definition) is 3. The van der Waals surface area contributed by atoms with Gasteiger partial charge in [-0.25, -0.2) is 4.57 Å². The number of rotatable bonds is 9. The van der Waals surface area contributed by atoms with Gasteiger partial charge in [0.25, 0.3) is 0 Å². The average Bonchev–Trinajstić information content (AvgIpc) is 2.80. The fraction of sp³-hybridized carbons (Fsp3) is 0.346. The van der Waals surface area contributed by atoms with Gasteiger partial charge in [-0.2, -0.15) is 0 Å². The third kappa shape index (κ3) is 9.17. The van der Waals surface area contributed by atoms with Gasteiger partial charge in [-0.15, -0.1) is 0 Å². The van der Waals surface area contributed by atoms with E-state index in [2.05, 4.69) is 9.84 Å². The van der Waals surface area contributed by atoms with Crippen LogP contribution in [0.15, 0.2) is 60.7 Å². The number of phosphoric ester groups is 1. The lowest BCUT2D eigenvalue weighted by Gasteiger charge is -2.33. The fourth-order valence-corrected chi connectivity index (χ4v) is 3.83. The van der Waals surface area contributed by atoms with Crippen molar-refractivity contribution in [3.8, 4) is 5.75 Å². The van der Waals surface area contributed by atoms with E-state index in [9.17, 15) is 18.9 Å². The van der Waals surface area contributed by atoms with E-state index in [1.807, 2.05) is 39.0 Å². The van der Waals surface area contributed by atoms with Gasteiger partial charge in [0, 0.05) is 25.9 Å². The van der Waals surface area contributed by atoms with Gasteiger partial charge in [0.1, 0.15) is 11.8 Å². The molecule has 2 aromatic carbocycles. The van der Waals surface area contributed by atoms with Gasteiger partial charge in [-0.1, -0.05) is 51.1 Å². The molecule has 200 valence electrons. The predicted octanol–water partition coefficient (Wildman–Crippen LogP) is 3.21. The van der Waals surface area contributed by atoms with Crippen molar-refractivity contribution in [2.45, 2.75) is 33.7 Å². The minimum absolute atomic E-state index is 0.0109. The van der Waals surface area contributed by atoms with Gasteiger partial charge in [0.05, 0.1) is 6.54 Å². The summed E-state index contributed by atoms with van der Waals surface area (Å²) in [7, 11) is -1.51. The minimum atomic E-state index is -4.67. The lowest BCUT2D eigenvalue weighted by Crippen LogP contribution is -2.55. The van der Waals surface area contributed by atoms with Crippen LogP contribution in [-0.2, 0) is 18.9 Å². The maximum atomic E-state index is 13.3. The van der Waals surface area contributed by atoms with Crippen LogP contribution in [0.2, 0.25) is 0 Å². The first kappa shape index (κ1) is 29.8. The highest BCUT2D eigenvalue weighted by Gasteiger charge is 2.35. The number of carbonyl (C=O) groups is 3. The Kier molecular flexibility index (Phi) is 9.80. The normalized spacial score (nSPS) is 12.9. The summed E-state index contributed by atoms with van der Waals surface area (Å²) < 4.78 is 15.5. The Morgan fingerprint density at radius 3 is 2.11 bits per heavy atom. The number of carbonyl (C=O) groups excluding carboxylic acids is 3. The van der Waals surface area contributed by atoms with E-state index < -0.39 is 31.1 Å². The van der Waals surface area contributed by atoms with Crippen molar-refractivity contribution < 1.29 is 33.3 Å². The van der Waals surface area contributed by atoms with E-state index in [0.29, 0.717) is 16.8 Å². The molecular weight excluding hydrogens is 497 g/mol. The van der Waals surface area contributed by atoms with Crippen LogP contribution >= 0.6 is 7.82 Å². The molecule has 11 heteroatoms. The SMILES string of the molecule is C/C(=C\C(=O)N[C@H](C(=O)N(C)CC(=O)N(C)c1ccccc1)C(C)(C)C)c1ccc(OP(=O)(O)O)cc1. The number of allylic oxidation sites excluding steroid dienone is 1. The van der Waals surface area contributed by atoms with E-state index in [0.717, 1.165) is 0 Å². The molecule has 3 amide bonds. The molecule has 0 radical (unpaired) electrons. The highest BCUT2D eigenvalue weighted by atomic mass is 31.2. The lowest BCUT2D eigenvalue weighted by atomic mass is 9.85. The molecule has 1 atom stereocenters. The molecule has 0 aliphatic rings.